The van der Waals surface area contributed by atoms with E-state index in [-0.39, 0.29) is 0 Å². The molecule has 1 rings (SSSR count). The summed E-state index contributed by atoms with van der Waals surface area (Å²) in [5, 5.41) is 0. The highest BCUT2D eigenvalue weighted by atomic mass is 15.1. The molecule has 0 spiro atoms. The third-order valence-electron chi connectivity index (χ3n) is 2.14. The summed E-state index contributed by atoms with van der Waals surface area (Å²) in [6.45, 7) is 7.59. The van der Waals surface area contributed by atoms with Crippen LogP contribution in [0.4, 0.5) is 0 Å². The van der Waals surface area contributed by atoms with Gasteiger partial charge >= 0.3 is 0 Å². The van der Waals surface area contributed by atoms with Gasteiger partial charge in [-0.1, -0.05) is 20.8 Å². The van der Waals surface area contributed by atoms with Crippen molar-refractivity contribution in [1.82, 2.24) is 4.90 Å². The lowest BCUT2D eigenvalue weighted by Crippen LogP contribution is -2.23. The van der Waals surface area contributed by atoms with E-state index in [1.54, 1.807) is 0 Å². The minimum atomic E-state index is 0.898. The van der Waals surface area contributed by atoms with Crippen molar-refractivity contribution in [1.29, 1.82) is 0 Å². The van der Waals surface area contributed by atoms with Gasteiger partial charge in [0.05, 0.1) is 0 Å². The Morgan fingerprint density at radius 1 is 1.40 bits per heavy atom. The number of hydrogen-bond acceptors (Lipinski definition) is 1. The molecular formula is C9H21N. The van der Waals surface area contributed by atoms with Crippen molar-refractivity contribution < 1.29 is 0 Å². The zero-order valence-corrected chi connectivity index (χ0v) is 7.85. The van der Waals surface area contributed by atoms with Crippen LogP contribution in [-0.4, -0.2) is 24.5 Å². The van der Waals surface area contributed by atoms with Crippen LogP contribution in [0.2, 0.25) is 0 Å². The first-order valence-corrected chi connectivity index (χ1v) is 4.55. The Balaban J connectivity index is 0.000000371. The molecule has 1 atom stereocenters. The molecule has 0 bridgehead atoms. The maximum absolute atomic E-state index is 2.46. The minimum absolute atomic E-state index is 0.898. The van der Waals surface area contributed by atoms with E-state index < -0.39 is 0 Å². The fraction of sp³-hybridized carbons (Fsp3) is 1.00. The van der Waals surface area contributed by atoms with Crippen molar-refractivity contribution in [3.63, 3.8) is 0 Å². The highest BCUT2D eigenvalue weighted by Gasteiger charge is 2.17. The average molecular weight is 143 g/mol. The summed E-state index contributed by atoms with van der Waals surface area (Å²) < 4.78 is 0. The van der Waals surface area contributed by atoms with Crippen molar-refractivity contribution in [2.45, 2.75) is 46.1 Å². The fourth-order valence-corrected chi connectivity index (χ4v) is 1.50. The Hall–Kier alpha value is -0.0400. The van der Waals surface area contributed by atoms with E-state index in [0.29, 0.717) is 0 Å². The van der Waals surface area contributed by atoms with Gasteiger partial charge < -0.3 is 4.90 Å². The van der Waals surface area contributed by atoms with Crippen molar-refractivity contribution in [3.8, 4) is 0 Å². The van der Waals surface area contributed by atoms with Crippen LogP contribution in [-0.2, 0) is 0 Å². The molecule has 1 heterocycles. The number of likely N-dealkylation sites (tertiary alicyclic amines) is 1. The molecule has 1 unspecified atom stereocenters. The Labute approximate surface area is 65.4 Å². The van der Waals surface area contributed by atoms with E-state index in [4.69, 9.17) is 0 Å². The second-order valence-electron chi connectivity index (χ2n) is 2.68. The van der Waals surface area contributed by atoms with Crippen LogP contribution in [0.15, 0.2) is 0 Å². The van der Waals surface area contributed by atoms with Gasteiger partial charge in [-0.15, -0.1) is 0 Å². The molecule has 1 aliphatic heterocycles. The lowest BCUT2D eigenvalue weighted by atomic mass is 10.2. The summed E-state index contributed by atoms with van der Waals surface area (Å²) in [5.41, 5.74) is 0. The first kappa shape index (κ1) is 9.96. The van der Waals surface area contributed by atoms with Crippen LogP contribution in [0.3, 0.4) is 0 Å². The van der Waals surface area contributed by atoms with Crippen LogP contribution < -0.4 is 0 Å². The Bertz CT molecular complexity index is 71.1. The molecule has 0 aliphatic carbocycles. The summed E-state index contributed by atoms with van der Waals surface area (Å²) in [7, 11) is 2.22. The van der Waals surface area contributed by atoms with E-state index in [1.165, 1.54) is 25.8 Å². The Kier molecular flexibility index (Phi) is 5.70. The first-order chi connectivity index (χ1) is 4.84. The van der Waals surface area contributed by atoms with Crippen molar-refractivity contribution >= 4 is 0 Å². The van der Waals surface area contributed by atoms with E-state index in [0.717, 1.165) is 6.04 Å². The normalized spacial score (nSPS) is 25.8. The molecule has 0 radical (unpaired) electrons. The SMILES string of the molecule is CC.CCC1CCCN1C. The van der Waals surface area contributed by atoms with Crippen molar-refractivity contribution in [3.05, 3.63) is 0 Å². The molecule has 62 valence electrons. The quantitative estimate of drug-likeness (QED) is 0.545. The third-order valence-corrected chi connectivity index (χ3v) is 2.14. The van der Waals surface area contributed by atoms with Crippen molar-refractivity contribution in [2.24, 2.45) is 0 Å². The van der Waals surface area contributed by atoms with Gasteiger partial charge in [0.2, 0.25) is 0 Å². The average Bonchev–Trinajstić information content (AvgIpc) is 2.39. The first-order valence-electron chi connectivity index (χ1n) is 4.55. The summed E-state index contributed by atoms with van der Waals surface area (Å²) in [4.78, 5) is 2.46. The van der Waals surface area contributed by atoms with Crippen LogP contribution in [0, 0.1) is 0 Å². The van der Waals surface area contributed by atoms with Crippen LogP contribution in [0.5, 0.6) is 0 Å². The molecule has 0 aromatic heterocycles. The largest absolute Gasteiger partial charge is 0.303 e. The molecule has 0 aromatic rings. The van der Waals surface area contributed by atoms with E-state index >= 15 is 0 Å². The van der Waals surface area contributed by atoms with Gasteiger partial charge in [-0.05, 0) is 32.9 Å². The summed E-state index contributed by atoms with van der Waals surface area (Å²) in [6, 6.07) is 0.898. The predicted molar refractivity (Wildman–Crippen MR) is 47.3 cm³/mol. The second kappa shape index (κ2) is 5.72. The van der Waals surface area contributed by atoms with Gasteiger partial charge in [0.1, 0.15) is 0 Å². The third kappa shape index (κ3) is 2.70. The molecular weight excluding hydrogens is 122 g/mol. The number of nitrogens with zero attached hydrogens (tertiary/aromatic N) is 1. The minimum Gasteiger partial charge on any atom is -0.303 e. The zero-order chi connectivity index (χ0) is 7.98. The lowest BCUT2D eigenvalue weighted by molar-refractivity contribution is 0.304. The highest BCUT2D eigenvalue weighted by molar-refractivity contribution is 4.73. The molecule has 0 N–H and O–H groups in total. The zero-order valence-electron chi connectivity index (χ0n) is 7.85. The van der Waals surface area contributed by atoms with Gasteiger partial charge in [-0.25, -0.2) is 0 Å². The van der Waals surface area contributed by atoms with Crippen LogP contribution in [0.25, 0.3) is 0 Å². The lowest BCUT2D eigenvalue weighted by Gasteiger charge is -2.16. The predicted octanol–water partition coefficient (Wildman–Crippen LogP) is 2.52. The maximum Gasteiger partial charge on any atom is 0.00900 e. The Morgan fingerprint density at radius 3 is 2.20 bits per heavy atom. The topological polar surface area (TPSA) is 3.24 Å². The standard InChI is InChI=1S/C7H15N.C2H6/c1-3-7-5-4-6-8(7)2;1-2/h7H,3-6H2,1-2H3;1-2H3. The molecule has 0 saturated carbocycles. The Morgan fingerprint density at radius 2 is 2.00 bits per heavy atom. The van der Waals surface area contributed by atoms with Gasteiger partial charge in [0.15, 0.2) is 0 Å². The van der Waals surface area contributed by atoms with E-state index in [1.807, 2.05) is 13.8 Å². The molecule has 1 aliphatic rings. The number of hydrogen-bond donors (Lipinski definition) is 0. The molecule has 0 amide bonds. The molecule has 0 aromatic carbocycles. The van der Waals surface area contributed by atoms with Gasteiger partial charge in [0, 0.05) is 6.04 Å². The van der Waals surface area contributed by atoms with Crippen LogP contribution >= 0.6 is 0 Å². The van der Waals surface area contributed by atoms with Gasteiger partial charge in [-0.2, -0.15) is 0 Å². The smallest absolute Gasteiger partial charge is 0.00900 e. The monoisotopic (exact) mass is 143 g/mol. The fourth-order valence-electron chi connectivity index (χ4n) is 1.50. The summed E-state index contributed by atoms with van der Waals surface area (Å²) >= 11 is 0. The van der Waals surface area contributed by atoms with Gasteiger partial charge in [0.25, 0.3) is 0 Å². The maximum atomic E-state index is 2.46. The molecule has 1 fully saturated rings. The summed E-state index contributed by atoms with van der Waals surface area (Å²) in [6.07, 6.45) is 4.17. The summed E-state index contributed by atoms with van der Waals surface area (Å²) in [5.74, 6) is 0. The molecule has 1 nitrogen and oxygen atoms in total. The molecule has 10 heavy (non-hydrogen) atoms. The van der Waals surface area contributed by atoms with Gasteiger partial charge in [-0.3, -0.25) is 0 Å². The number of rotatable bonds is 1. The van der Waals surface area contributed by atoms with E-state index in [2.05, 4.69) is 18.9 Å². The highest BCUT2D eigenvalue weighted by Crippen LogP contribution is 2.16. The van der Waals surface area contributed by atoms with Crippen molar-refractivity contribution in [2.75, 3.05) is 13.6 Å². The van der Waals surface area contributed by atoms with E-state index in [9.17, 15) is 0 Å². The molecule has 1 saturated heterocycles. The van der Waals surface area contributed by atoms with Crippen LogP contribution in [0.1, 0.15) is 40.0 Å². The molecule has 1 heteroatoms. The second-order valence-corrected chi connectivity index (χ2v) is 2.68.